The predicted molar refractivity (Wildman–Crippen MR) is 67.6 cm³/mol. The average Bonchev–Trinajstić information content (AvgIpc) is 2.32. The molecule has 1 amide bonds. The second kappa shape index (κ2) is 6.26. The first-order chi connectivity index (χ1) is 8.47. The summed E-state index contributed by atoms with van der Waals surface area (Å²) in [6, 6.07) is 3.80. The number of nitrogens with zero attached hydrogens (tertiary/aromatic N) is 1. The van der Waals surface area contributed by atoms with Crippen LogP contribution >= 0.6 is 0 Å². The van der Waals surface area contributed by atoms with Gasteiger partial charge in [-0.2, -0.15) is 0 Å². The van der Waals surface area contributed by atoms with Crippen LogP contribution in [-0.4, -0.2) is 45.3 Å². The first kappa shape index (κ1) is 14.3. The molecule has 18 heavy (non-hydrogen) atoms. The second-order valence-corrected chi connectivity index (χ2v) is 4.37. The largest absolute Gasteiger partial charge is 0.508 e. The number of carbonyl (C=O) groups is 1. The number of phenols is 2. The van der Waals surface area contributed by atoms with Gasteiger partial charge in [0.05, 0.1) is 5.56 Å². The zero-order valence-corrected chi connectivity index (χ0v) is 10.6. The Balaban J connectivity index is 2.98. The van der Waals surface area contributed by atoms with Gasteiger partial charge in [-0.1, -0.05) is 0 Å². The van der Waals surface area contributed by atoms with Gasteiger partial charge in [-0.25, -0.2) is 0 Å². The molecule has 0 aromatic heterocycles. The lowest BCUT2D eigenvalue weighted by Gasteiger charge is -2.27. The SMILES string of the molecule is CC(C)N(CCCO)C(=O)c1cc(O)ccc1O. The molecule has 0 unspecified atom stereocenters. The van der Waals surface area contributed by atoms with Crippen molar-refractivity contribution in [2.24, 2.45) is 0 Å². The van der Waals surface area contributed by atoms with E-state index in [0.717, 1.165) is 0 Å². The Morgan fingerprint density at radius 2 is 2.00 bits per heavy atom. The Bertz CT molecular complexity index is 417. The molecule has 5 nitrogen and oxygen atoms in total. The molecule has 0 aliphatic heterocycles. The van der Waals surface area contributed by atoms with Crippen LogP contribution in [0.25, 0.3) is 0 Å². The van der Waals surface area contributed by atoms with E-state index in [1.165, 1.54) is 18.2 Å². The highest BCUT2D eigenvalue weighted by Gasteiger charge is 2.21. The van der Waals surface area contributed by atoms with E-state index in [4.69, 9.17) is 5.11 Å². The Morgan fingerprint density at radius 3 is 2.56 bits per heavy atom. The van der Waals surface area contributed by atoms with Crippen LogP contribution in [0.2, 0.25) is 0 Å². The minimum absolute atomic E-state index is 0.00250. The number of amides is 1. The molecular formula is C13H19NO4. The number of rotatable bonds is 5. The summed E-state index contributed by atoms with van der Waals surface area (Å²) in [4.78, 5) is 13.8. The number of phenolic OH excluding ortho intramolecular Hbond substituents is 2. The lowest BCUT2D eigenvalue weighted by atomic mass is 10.1. The fraction of sp³-hybridized carbons (Fsp3) is 0.462. The van der Waals surface area contributed by atoms with Gasteiger partial charge >= 0.3 is 0 Å². The number of hydrogen-bond acceptors (Lipinski definition) is 4. The Hall–Kier alpha value is -1.75. The summed E-state index contributed by atoms with van der Waals surface area (Å²) >= 11 is 0. The summed E-state index contributed by atoms with van der Waals surface area (Å²) in [7, 11) is 0. The third kappa shape index (κ3) is 3.37. The summed E-state index contributed by atoms with van der Waals surface area (Å²) in [5.74, 6) is -0.582. The van der Waals surface area contributed by atoms with E-state index >= 15 is 0 Å². The van der Waals surface area contributed by atoms with Gasteiger partial charge < -0.3 is 20.2 Å². The molecular weight excluding hydrogens is 234 g/mol. The highest BCUT2D eigenvalue weighted by molar-refractivity contribution is 5.97. The Morgan fingerprint density at radius 1 is 1.33 bits per heavy atom. The van der Waals surface area contributed by atoms with E-state index in [0.29, 0.717) is 13.0 Å². The maximum Gasteiger partial charge on any atom is 0.257 e. The zero-order chi connectivity index (χ0) is 13.7. The van der Waals surface area contributed by atoms with Crippen LogP contribution < -0.4 is 0 Å². The molecule has 1 aromatic carbocycles. The quantitative estimate of drug-likeness (QED) is 0.691. The average molecular weight is 253 g/mol. The number of benzene rings is 1. The number of carbonyl (C=O) groups excluding carboxylic acids is 1. The van der Waals surface area contributed by atoms with Gasteiger partial charge in [0.25, 0.3) is 5.91 Å². The summed E-state index contributed by atoms with van der Waals surface area (Å²) in [5, 5.41) is 27.8. The maximum absolute atomic E-state index is 12.2. The lowest BCUT2D eigenvalue weighted by Crippen LogP contribution is -2.38. The summed E-state index contributed by atoms with van der Waals surface area (Å²) in [5.41, 5.74) is 0.0710. The summed E-state index contributed by atoms with van der Waals surface area (Å²) < 4.78 is 0. The molecule has 0 heterocycles. The van der Waals surface area contributed by atoms with Gasteiger partial charge in [-0.05, 0) is 38.5 Å². The molecule has 0 spiro atoms. The smallest absolute Gasteiger partial charge is 0.257 e. The van der Waals surface area contributed by atoms with Crippen molar-refractivity contribution in [3.8, 4) is 11.5 Å². The highest BCUT2D eigenvalue weighted by atomic mass is 16.3. The topological polar surface area (TPSA) is 81.0 Å². The van der Waals surface area contributed by atoms with Crippen molar-refractivity contribution in [2.45, 2.75) is 26.3 Å². The molecule has 0 fully saturated rings. The predicted octanol–water partition coefficient (Wildman–Crippen LogP) is 1.33. The van der Waals surface area contributed by atoms with Crippen molar-refractivity contribution in [2.75, 3.05) is 13.2 Å². The van der Waals surface area contributed by atoms with Crippen LogP contribution in [0.4, 0.5) is 0 Å². The molecule has 100 valence electrons. The van der Waals surface area contributed by atoms with Crippen LogP contribution in [0.3, 0.4) is 0 Å². The highest BCUT2D eigenvalue weighted by Crippen LogP contribution is 2.24. The molecule has 0 saturated carbocycles. The molecule has 0 atom stereocenters. The van der Waals surface area contributed by atoms with E-state index in [1.807, 2.05) is 13.8 Å². The molecule has 0 aliphatic carbocycles. The minimum atomic E-state index is -0.355. The molecule has 3 N–H and O–H groups in total. The zero-order valence-electron chi connectivity index (χ0n) is 10.6. The van der Waals surface area contributed by atoms with Gasteiger partial charge in [0.1, 0.15) is 11.5 Å². The minimum Gasteiger partial charge on any atom is -0.508 e. The summed E-state index contributed by atoms with van der Waals surface area (Å²) in [6.45, 7) is 4.12. The van der Waals surface area contributed by atoms with Gasteiger partial charge in [0.2, 0.25) is 0 Å². The van der Waals surface area contributed by atoms with Crippen molar-refractivity contribution in [1.82, 2.24) is 4.90 Å². The first-order valence-electron chi connectivity index (χ1n) is 5.91. The van der Waals surface area contributed by atoms with Crippen LogP contribution in [0.15, 0.2) is 18.2 Å². The van der Waals surface area contributed by atoms with E-state index in [-0.39, 0.29) is 35.6 Å². The molecule has 5 heteroatoms. The molecule has 0 radical (unpaired) electrons. The lowest BCUT2D eigenvalue weighted by molar-refractivity contribution is 0.0689. The van der Waals surface area contributed by atoms with Crippen LogP contribution in [-0.2, 0) is 0 Å². The normalized spacial score (nSPS) is 10.7. The van der Waals surface area contributed by atoms with Gasteiger partial charge in [0.15, 0.2) is 0 Å². The number of aromatic hydroxyl groups is 2. The van der Waals surface area contributed by atoms with Crippen molar-refractivity contribution in [1.29, 1.82) is 0 Å². The van der Waals surface area contributed by atoms with Crippen LogP contribution in [0, 0.1) is 0 Å². The fourth-order valence-electron chi connectivity index (χ4n) is 1.69. The third-order valence-electron chi connectivity index (χ3n) is 2.65. The van der Waals surface area contributed by atoms with E-state index < -0.39 is 0 Å². The molecule has 0 aliphatic rings. The van der Waals surface area contributed by atoms with Gasteiger partial charge in [0, 0.05) is 19.2 Å². The third-order valence-corrected chi connectivity index (χ3v) is 2.65. The maximum atomic E-state index is 12.2. The number of aliphatic hydroxyl groups is 1. The Labute approximate surface area is 106 Å². The van der Waals surface area contributed by atoms with E-state index in [2.05, 4.69) is 0 Å². The number of aliphatic hydroxyl groups excluding tert-OH is 1. The summed E-state index contributed by atoms with van der Waals surface area (Å²) in [6.07, 6.45) is 0.476. The molecule has 1 aromatic rings. The van der Waals surface area contributed by atoms with Crippen LogP contribution in [0.5, 0.6) is 11.5 Å². The molecule has 0 bridgehead atoms. The van der Waals surface area contributed by atoms with Crippen molar-refractivity contribution >= 4 is 5.91 Å². The van der Waals surface area contributed by atoms with Crippen molar-refractivity contribution in [3.05, 3.63) is 23.8 Å². The van der Waals surface area contributed by atoms with Crippen molar-refractivity contribution in [3.63, 3.8) is 0 Å². The van der Waals surface area contributed by atoms with Gasteiger partial charge in [-0.15, -0.1) is 0 Å². The number of hydrogen-bond donors (Lipinski definition) is 3. The van der Waals surface area contributed by atoms with Gasteiger partial charge in [-0.3, -0.25) is 4.79 Å². The fourth-order valence-corrected chi connectivity index (χ4v) is 1.69. The second-order valence-electron chi connectivity index (χ2n) is 4.37. The van der Waals surface area contributed by atoms with Crippen LogP contribution in [0.1, 0.15) is 30.6 Å². The van der Waals surface area contributed by atoms with E-state index in [9.17, 15) is 15.0 Å². The monoisotopic (exact) mass is 253 g/mol. The molecule has 0 saturated heterocycles. The van der Waals surface area contributed by atoms with E-state index in [1.54, 1.807) is 4.90 Å². The van der Waals surface area contributed by atoms with Crippen molar-refractivity contribution < 1.29 is 20.1 Å². The standard InChI is InChI=1S/C13H19NO4/c1-9(2)14(6-3-7-15)13(18)11-8-10(16)4-5-12(11)17/h4-5,8-9,15-17H,3,6-7H2,1-2H3. The first-order valence-corrected chi connectivity index (χ1v) is 5.91. The molecule has 1 rings (SSSR count). The Kier molecular flexibility index (Phi) is 4.97.